The summed E-state index contributed by atoms with van der Waals surface area (Å²) < 4.78 is 4.98. The van der Waals surface area contributed by atoms with Crippen LogP contribution in [0.15, 0.2) is 41.6 Å². The Morgan fingerprint density at radius 1 is 1.35 bits per heavy atom. The van der Waals surface area contributed by atoms with Crippen LogP contribution in [0.2, 0.25) is 0 Å². The number of aryl methyl sites for hydroxylation is 1. The number of nitrogens with zero attached hydrogens (tertiary/aromatic N) is 2. The van der Waals surface area contributed by atoms with Crippen LogP contribution in [0.1, 0.15) is 22.3 Å². The van der Waals surface area contributed by atoms with Gasteiger partial charge in [-0.05, 0) is 48.9 Å². The van der Waals surface area contributed by atoms with Crippen LogP contribution in [0.25, 0.3) is 0 Å². The number of thioether (sulfide) groups is 1. The molecular formula is C19H21N3O3S. The predicted molar refractivity (Wildman–Crippen MR) is 103 cm³/mol. The zero-order chi connectivity index (χ0) is 18.5. The molecule has 0 spiro atoms. The molecule has 2 aromatic rings. The van der Waals surface area contributed by atoms with Gasteiger partial charge in [0.15, 0.2) is 0 Å². The summed E-state index contributed by atoms with van der Waals surface area (Å²) in [6.45, 7) is 0.703. The molecule has 3 rings (SSSR count). The van der Waals surface area contributed by atoms with Crippen LogP contribution < -0.4 is 10.2 Å². The lowest BCUT2D eigenvalue weighted by Gasteiger charge is -2.30. The van der Waals surface area contributed by atoms with Gasteiger partial charge in [0.05, 0.1) is 5.56 Å². The molecule has 1 aliphatic rings. The molecule has 2 amide bonds. The van der Waals surface area contributed by atoms with Crippen molar-refractivity contribution < 1.29 is 14.3 Å². The van der Waals surface area contributed by atoms with Crippen molar-refractivity contribution in [1.82, 2.24) is 4.98 Å². The SMILES string of the molecule is COCC(=O)N1CCCc2ccc(NC(=O)c3cccnc3SC)cc21. The van der Waals surface area contributed by atoms with Gasteiger partial charge in [0.2, 0.25) is 0 Å². The number of pyridine rings is 1. The van der Waals surface area contributed by atoms with Gasteiger partial charge < -0.3 is 15.0 Å². The maximum Gasteiger partial charge on any atom is 0.258 e. The number of hydrogen-bond acceptors (Lipinski definition) is 5. The summed E-state index contributed by atoms with van der Waals surface area (Å²) in [6.07, 6.45) is 5.39. The Morgan fingerprint density at radius 3 is 2.96 bits per heavy atom. The van der Waals surface area contributed by atoms with Gasteiger partial charge in [0.25, 0.3) is 11.8 Å². The minimum Gasteiger partial charge on any atom is -0.375 e. The van der Waals surface area contributed by atoms with Crippen LogP contribution >= 0.6 is 11.8 Å². The number of aromatic nitrogens is 1. The maximum absolute atomic E-state index is 12.6. The molecular weight excluding hydrogens is 350 g/mol. The standard InChI is InChI=1S/C19H21N3O3S/c1-25-12-17(23)22-10-4-5-13-7-8-14(11-16(13)22)21-18(24)15-6-3-9-20-19(15)26-2/h3,6-9,11H,4-5,10,12H2,1-2H3,(H,21,24). The largest absolute Gasteiger partial charge is 0.375 e. The molecule has 0 unspecified atom stereocenters. The van der Waals surface area contributed by atoms with E-state index in [0.717, 1.165) is 24.1 Å². The van der Waals surface area contributed by atoms with Crippen molar-refractivity contribution in [3.63, 3.8) is 0 Å². The van der Waals surface area contributed by atoms with Gasteiger partial charge in [0.1, 0.15) is 11.6 Å². The summed E-state index contributed by atoms with van der Waals surface area (Å²) in [5.74, 6) is -0.290. The number of carbonyl (C=O) groups is 2. The van der Waals surface area contributed by atoms with Gasteiger partial charge in [-0.3, -0.25) is 9.59 Å². The number of methoxy groups -OCH3 is 1. The molecule has 0 radical (unpaired) electrons. The number of nitrogens with one attached hydrogen (secondary N) is 1. The third-order valence-corrected chi connectivity index (χ3v) is 4.95. The Morgan fingerprint density at radius 2 is 2.19 bits per heavy atom. The first-order valence-electron chi connectivity index (χ1n) is 8.36. The topological polar surface area (TPSA) is 71.5 Å². The minimum absolute atomic E-state index is 0.0444. The van der Waals surface area contributed by atoms with Gasteiger partial charge in [-0.25, -0.2) is 4.98 Å². The van der Waals surface area contributed by atoms with E-state index in [1.165, 1.54) is 18.9 Å². The van der Waals surface area contributed by atoms with E-state index in [2.05, 4.69) is 10.3 Å². The number of rotatable bonds is 5. The minimum atomic E-state index is -0.215. The molecule has 2 heterocycles. The smallest absolute Gasteiger partial charge is 0.258 e. The summed E-state index contributed by atoms with van der Waals surface area (Å²) in [7, 11) is 1.51. The summed E-state index contributed by atoms with van der Waals surface area (Å²) in [6, 6.07) is 9.19. The second kappa shape index (κ2) is 8.33. The van der Waals surface area contributed by atoms with E-state index in [-0.39, 0.29) is 18.4 Å². The third kappa shape index (κ3) is 3.89. The Hall–Kier alpha value is -2.38. The van der Waals surface area contributed by atoms with E-state index in [0.29, 0.717) is 22.8 Å². The Kier molecular flexibility index (Phi) is 5.90. The lowest BCUT2D eigenvalue weighted by Crippen LogP contribution is -2.37. The van der Waals surface area contributed by atoms with Crippen molar-refractivity contribution in [3.8, 4) is 0 Å². The maximum atomic E-state index is 12.6. The molecule has 7 heteroatoms. The highest BCUT2D eigenvalue weighted by Gasteiger charge is 2.23. The first kappa shape index (κ1) is 18.4. The molecule has 0 saturated heterocycles. The Labute approximate surface area is 156 Å². The van der Waals surface area contributed by atoms with E-state index < -0.39 is 0 Å². The summed E-state index contributed by atoms with van der Waals surface area (Å²) in [4.78, 5) is 30.9. The average molecular weight is 371 g/mol. The fourth-order valence-corrected chi connectivity index (χ4v) is 3.58. The number of carbonyl (C=O) groups excluding carboxylic acids is 2. The fraction of sp³-hybridized carbons (Fsp3) is 0.316. The Bertz CT molecular complexity index is 825. The van der Waals surface area contributed by atoms with Gasteiger partial charge in [-0.2, -0.15) is 0 Å². The van der Waals surface area contributed by atoms with Gasteiger partial charge in [-0.1, -0.05) is 6.07 Å². The number of anilines is 2. The summed E-state index contributed by atoms with van der Waals surface area (Å²) in [5.41, 5.74) is 3.13. The molecule has 1 aliphatic heterocycles. The predicted octanol–water partition coefficient (Wildman–Crippen LogP) is 2.98. The van der Waals surface area contributed by atoms with E-state index in [9.17, 15) is 9.59 Å². The van der Waals surface area contributed by atoms with Crippen molar-refractivity contribution in [1.29, 1.82) is 0 Å². The average Bonchev–Trinajstić information content (AvgIpc) is 2.67. The van der Waals surface area contributed by atoms with Crippen molar-refractivity contribution >= 4 is 35.0 Å². The summed E-state index contributed by atoms with van der Waals surface area (Å²) >= 11 is 1.43. The molecule has 1 aromatic carbocycles. The van der Waals surface area contributed by atoms with Crippen molar-refractivity contribution in [2.75, 3.05) is 36.7 Å². The van der Waals surface area contributed by atoms with Crippen LogP contribution in [0.5, 0.6) is 0 Å². The number of ether oxygens (including phenoxy) is 1. The molecule has 0 fully saturated rings. The van der Waals surface area contributed by atoms with E-state index >= 15 is 0 Å². The second-order valence-corrected chi connectivity index (χ2v) is 6.73. The summed E-state index contributed by atoms with van der Waals surface area (Å²) in [5, 5.41) is 3.59. The molecule has 26 heavy (non-hydrogen) atoms. The van der Waals surface area contributed by atoms with Crippen LogP contribution in [-0.2, 0) is 16.0 Å². The highest BCUT2D eigenvalue weighted by molar-refractivity contribution is 7.98. The van der Waals surface area contributed by atoms with Crippen LogP contribution in [0.3, 0.4) is 0 Å². The lowest BCUT2D eigenvalue weighted by molar-refractivity contribution is -0.122. The number of hydrogen-bond donors (Lipinski definition) is 1. The highest BCUT2D eigenvalue weighted by Crippen LogP contribution is 2.30. The molecule has 0 saturated carbocycles. The normalized spacial score (nSPS) is 13.2. The van der Waals surface area contributed by atoms with Crippen molar-refractivity contribution in [2.45, 2.75) is 17.9 Å². The molecule has 6 nitrogen and oxygen atoms in total. The quantitative estimate of drug-likeness (QED) is 0.818. The monoisotopic (exact) mass is 371 g/mol. The number of fused-ring (bicyclic) bond motifs is 1. The van der Waals surface area contributed by atoms with Crippen LogP contribution in [-0.4, -0.2) is 43.3 Å². The van der Waals surface area contributed by atoms with Crippen LogP contribution in [0.4, 0.5) is 11.4 Å². The molecule has 1 aromatic heterocycles. The lowest BCUT2D eigenvalue weighted by atomic mass is 10.0. The van der Waals surface area contributed by atoms with E-state index in [4.69, 9.17) is 4.74 Å². The van der Waals surface area contributed by atoms with Gasteiger partial charge in [0, 0.05) is 31.2 Å². The first-order valence-corrected chi connectivity index (χ1v) is 9.59. The van der Waals surface area contributed by atoms with E-state index in [1.807, 2.05) is 24.5 Å². The molecule has 1 N–H and O–H groups in total. The van der Waals surface area contributed by atoms with Gasteiger partial charge in [-0.15, -0.1) is 11.8 Å². The fourth-order valence-electron chi connectivity index (χ4n) is 3.04. The van der Waals surface area contributed by atoms with Crippen molar-refractivity contribution in [3.05, 3.63) is 47.7 Å². The van der Waals surface area contributed by atoms with Gasteiger partial charge >= 0.3 is 0 Å². The third-order valence-electron chi connectivity index (χ3n) is 4.24. The zero-order valence-electron chi connectivity index (χ0n) is 14.8. The second-order valence-electron chi connectivity index (χ2n) is 5.94. The highest BCUT2D eigenvalue weighted by atomic mass is 32.2. The molecule has 136 valence electrons. The molecule has 0 aliphatic carbocycles. The molecule has 0 atom stereocenters. The van der Waals surface area contributed by atoms with E-state index in [1.54, 1.807) is 23.2 Å². The zero-order valence-corrected chi connectivity index (χ0v) is 15.6. The number of benzene rings is 1. The van der Waals surface area contributed by atoms with Crippen molar-refractivity contribution in [2.24, 2.45) is 0 Å². The van der Waals surface area contributed by atoms with Crippen LogP contribution in [0, 0.1) is 0 Å². The first-order chi connectivity index (χ1) is 12.6. The Balaban J connectivity index is 1.85. The molecule has 0 bridgehead atoms. The number of amides is 2.